The number of unbranched alkanes of at least 4 members (excludes halogenated alkanes) is 1. The fourth-order valence-electron chi connectivity index (χ4n) is 1.81. The number of hydrogen-bond donors (Lipinski definition) is 2. The van der Waals surface area contributed by atoms with Crippen molar-refractivity contribution in [3.8, 4) is 5.75 Å². The molecule has 0 aliphatic heterocycles. The third kappa shape index (κ3) is 4.91. The van der Waals surface area contributed by atoms with Gasteiger partial charge in [0.2, 0.25) is 5.91 Å². The molecule has 0 unspecified atom stereocenters. The van der Waals surface area contributed by atoms with Crippen molar-refractivity contribution < 1.29 is 9.53 Å². The van der Waals surface area contributed by atoms with E-state index in [0.717, 1.165) is 36.3 Å². The molecule has 1 rings (SSSR count). The molecule has 2 N–H and O–H groups in total. The highest BCUT2D eigenvalue weighted by Crippen LogP contribution is 2.29. The number of carbonyl (C=O) groups is 1. The lowest BCUT2D eigenvalue weighted by Gasteiger charge is -2.15. The van der Waals surface area contributed by atoms with E-state index in [4.69, 9.17) is 4.74 Å². The molecule has 0 fully saturated rings. The molecule has 1 amide bonds. The second kappa shape index (κ2) is 8.53. The summed E-state index contributed by atoms with van der Waals surface area (Å²) >= 11 is 0. The van der Waals surface area contributed by atoms with Gasteiger partial charge in [-0.15, -0.1) is 0 Å². The Bertz CT molecular complexity index is 405. The predicted octanol–water partition coefficient (Wildman–Crippen LogP) is 2.59. The quantitative estimate of drug-likeness (QED) is 0.710. The Morgan fingerprint density at radius 1 is 1.32 bits per heavy atom. The number of hydrogen-bond acceptors (Lipinski definition) is 3. The zero-order valence-corrected chi connectivity index (χ0v) is 12.1. The molecule has 0 radical (unpaired) electrons. The molecule has 0 atom stereocenters. The molecule has 0 spiro atoms. The minimum absolute atomic E-state index is 0.0592. The second-order valence-electron chi connectivity index (χ2n) is 4.43. The van der Waals surface area contributed by atoms with Crippen LogP contribution in [-0.2, 0) is 11.2 Å². The Hall–Kier alpha value is -1.55. The van der Waals surface area contributed by atoms with Crippen LogP contribution in [0.2, 0.25) is 0 Å². The largest absolute Gasteiger partial charge is 0.491 e. The maximum atomic E-state index is 11.7. The van der Waals surface area contributed by atoms with Gasteiger partial charge < -0.3 is 15.4 Å². The number of aryl methyl sites for hydroxylation is 1. The lowest BCUT2D eigenvalue weighted by atomic mass is 10.1. The first-order valence-electron chi connectivity index (χ1n) is 6.92. The van der Waals surface area contributed by atoms with E-state index in [1.807, 2.05) is 18.2 Å². The summed E-state index contributed by atoms with van der Waals surface area (Å²) in [5.74, 6) is 0.749. The fraction of sp³-hybridized carbons (Fsp3) is 0.533. The van der Waals surface area contributed by atoms with E-state index in [0.29, 0.717) is 13.2 Å². The molecule has 1 aromatic carbocycles. The summed E-state index contributed by atoms with van der Waals surface area (Å²) in [6, 6.07) is 5.86. The Morgan fingerprint density at radius 2 is 2.11 bits per heavy atom. The van der Waals surface area contributed by atoms with Crippen molar-refractivity contribution in [2.75, 3.05) is 25.5 Å². The summed E-state index contributed by atoms with van der Waals surface area (Å²) in [5, 5.41) is 5.72. The predicted molar refractivity (Wildman–Crippen MR) is 78.8 cm³/mol. The monoisotopic (exact) mass is 264 g/mol. The van der Waals surface area contributed by atoms with E-state index >= 15 is 0 Å². The zero-order valence-electron chi connectivity index (χ0n) is 12.1. The van der Waals surface area contributed by atoms with Gasteiger partial charge in [-0.3, -0.25) is 4.79 Å². The van der Waals surface area contributed by atoms with Crippen molar-refractivity contribution in [2.45, 2.75) is 33.1 Å². The first kappa shape index (κ1) is 15.5. The van der Waals surface area contributed by atoms with Crippen molar-refractivity contribution in [2.24, 2.45) is 0 Å². The lowest BCUT2D eigenvalue weighted by molar-refractivity contribution is -0.115. The van der Waals surface area contributed by atoms with Crippen LogP contribution >= 0.6 is 0 Å². The molecule has 4 heteroatoms. The first-order chi connectivity index (χ1) is 9.22. The number of carbonyl (C=O) groups excluding carboxylic acids is 1. The SMILES string of the molecule is CCCCOc1c(CC)cccc1NC(=O)CNC. The highest BCUT2D eigenvalue weighted by atomic mass is 16.5. The molecule has 4 nitrogen and oxygen atoms in total. The number of likely N-dealkylation sites (N-methyl/N-ethyl adjacent to an activating group) is 1. The summed E-state index contributed by atoms with van der Waals surface area (Å²) in [6.45, 7) is 5.19. The molecular weight excluding hydrogens is 240 g/mol. The number of rotatable bonds is 8. The van der Waals surface area contributed by atoms with Crippen molar-refractivity contribution in [3.63, 3.8) is 0 Å². The number of anilines is 1. The van der Waals surface area contributed by atoms with Crippen LogP contribution in [0.1, 0.15) is 32.3 Å². The molecule has 0 heterocycles. The molecule has 1 aromatic rings. The van der Waals surface area contributed by atoms with Crippen molar-refractivity contribution in [1.82, 2.24) is 5.32 Å². The molecule has 19 heavy (non-hydrogen) atoms. The third-order valence-corrected chi connectivity index (χ3v) is 2.83. The number of para-hydroxylation sites is 1. The van der Waals surface area contributed by atoms with E-state index < -0.39 is 0 Å². The van der Waals surface area contributed by atoms with Crippen LogP contribution in [0, 0.1) is 0 Å². The van der Waals surface area contributed by atoms with Crippen LogP contribution in [0.4, 0.5) is 5.69 Å². The smallest absolute Gasteiger partial charge is 0.238 e. The number of nitrogens with one attached hydrogen (secondary N) is 2. The van der Waals surface area contributed by atoms with E-state index in [1.165, 1.54) is 0 Å². The highest BCUT2D eigenvalue weighted by molar-refractivity contribution is 5.93. The van der Waals surface area contributed by atoms with Gasteiger partial charge in [0, 0.05) is 0 Å². The van der Waals surface area contributed by atoms with Gasteiger partial charge in [0.05, 0.1) is 18.8 Å². The van der Waals surface area contributed by atoms with Crippen LogP contribution in [0.5, 0.6) is 5.75 Å². The standard InChI is InChI=1S/C15H24N2O2/c1-4-6-10-19-15-12(5-2)8-7-9-13(15)17-14(18)11-16-3/h7-9,16H,4-6,10-11H2,1-3H3,(H,17,18). The molecule has 0 aliphatic rings. The van der Waals surface area contributed by atoms with E-state index in [9.17, 15) is 4.79 Å². The Balaban J connectivity index is 2.85. The minimum Gasteiger partial charge on any atom is -0.491 e. The van der Waals surface area contributed by atoms with Crippen LogP contribution in [0.25, 0.3) is 0 Å². The number of benzene rings is 1. The average Bonchev–Trinajstić information content (AvgIpc) is 2.40. The van der Waals surface area contributed by atoms with E-state index in [-0.39, 0.29) is 5.91 Å². The Kier molecular flexibility index (Phi) is 6.97. The molecule has 0 aromatic heterocycles. The van der Waals surface area contributed by atoms with Gasteiger partial charge in [-0.2, -0.15) is 0 Å². The maximum absolute atomic E-state index is 11.7. The topological polar surface area (TPSA) is 50.4 Å². The van der Waals surface area contributed by atoms with Gasteiger partial charge in [0.25, 0.3) is 0 Å². The Labute approximate surface area is 115 Å². The van der Waals surface area contributed by atoms with Crippen LogP contribution in [0.15, 0.2) is 18.2 Å². The van der Waals surface area contributed by atoms with E-state index in [2.05, 4.69) is 24.5 Å². The summed E-state index contributed by atoms with van der Waals surface area (Å²) in [5.41, 5.74) is 1.88. The van der Waals surface area contributed by atoms with Gasteiger partial charge in [-0.1, -0.05) is 32.4 Å². The van der Waals surface area contributed by atoms with Crippen molar-refractivity contribution in [1.29, 1.82) is 0 Å². The molecule has 0 bridgehead atoms. The highest BCUT2D eigenvalue weighted by Gasteiger charge is 2.11. The normalized spacial score (nSPS) is 10.3. The summed E-state index contributed by atoms with van der Waals surface area (Å²) in [4.78, 5) is 11.7. The summed E-state index contributed by atoms with van der Waals surface area (Å²) in [7, 11) is 1.75. The second-order valence-corrected chi connectivity index (χ2v) is 4.43. The molecule has 0 aliphatic carbocycles. The van der Waals surface area contributed by atoms with Crippen molar-refractivity contribution >= 4 is 11.6 Å². The number of ether oxygens (including phenoxy) is 1. The molecule has 106 valence electrons. The third-order valence-electron chi connectivity index (χ3n) is 2.83. The molecular formula is C15H24N2O2. The average molecular weight is 264 g/mol. The van der Waals surface area contributed by atoms with E-state index in [1.54, 1.807) is 7.05 Å². The lowest BCUT2D eigenvalue weighted by Crippen LogP contribution is -2.25. The first-order valence-corrected chi connectivity index (χ1v) is 6.92. The maximum Gasteiger partial charge on any atom is 0.238 e. The van der Waals surface area contributed by atoms with Crippen LogP contribution < -0.4 is 15.4 Å². The summed E-state index contributed by atoms with van der Waals surface area (Å²) in [6.07, 6.45) is 2.99. The van der Waals surface area contributed by atoms with Crippen molar-refractivity contribution in [3.05, 3.63) is 23.8 Å². The van der Waals surface area contributed by atoms with Crippen LogP contribution in [0.3, 0.4) is 0 Å². The summed E-state index contributed by atoms with van der Waals surface area (Å²) < 4.78 is 5.84. The van der Waals surface area contributed by atoms with Gasteiger partial charge in [0.15, 0.2) is 0 Å². The van der Waals surface area contributed by atoms with Gasteiger partial charge >= 0.3 is 0 Å². The molecule has 0 saturated carbocycles. The minimum atomic E-state index is -0.0592. The zero-order chi connectivity index (χ0) is 14.1. The van der Waals surface area contributed by atoms with Gasteiger partial charge in [-0.25, -0.2) is 0 Å². The van der Waals surface area contributed by atoms with Crippen LogP contribution in [-0.4, -0.2) is 26.1 Å². The Morgan fingerprint density at radius 3 is 2.74 bits per heavy atom. The van der Waals surface area contributed by atoms with Gasteiger partial charge in [0.1, 0.15) is 5.75 Å². The fourth-order valence-corrected chi connectivity index (χ4v) is 1.81. The van der Waals surface area contributed by atoms with Gasteiger partial charge in [-0.05, 0) is 31.5 Å². The molecule has 0 saturated heterocycles. The number of amides is 1.